The summed E-state index contributed by atoms with van der Waals surface area (Å²) in [4.78, 5) is 32.3. The molecule has 0 aliphatic rings. The average molecular weight is 321 g/mol. The van der Waals surface area contributed by atoms with E-state index in [0.717, 1.165) is 6.07 Å². The van der Waals surface area contributed by atoms with E-state index in [2.05, 4.69) is 5.32 Å². The van der Waals surface area contributed by atoms with E-state index in [-0.39, 0.29) is 22.0 Å². The van der Waals surface area contributed by atoms with Crippen molar-refractivity contribution >= 4 is 40.8 Å². The first-order chi connectivity index (χ1) is 9.22. The molecular formula is C11H10Cl2N2O5. The lowest BCUT2D eigenvalue weighted by Gasteiger charge is -2.12. The maximum Gasteiger partial charge on any atom is 0.305 e. The number of carboxylic acid groups (broad SMARTS) is 1. The van der Waals surface area contributed by atoms with Crippen molar-refractivity contribution < 1.29 is 19.6 Å². The Bertz CT molecular complexity index is 576. The van der Waals surface area contributed by atoms with E-state index in [1.54, 1.807) is 0 Å². The number of nitrogens with zero attached hydrogens (tertiary/aromatic N) is 1. The molecule has 1 rings (SSSR count). The molecule has 1 unspecified atom stereocenters. The van der Waals surface area contributed by atoms with E-state index in [4.69, 9.17) is 28.3 Å². The van der Waals surface area contributed by atoms with Gasteiger partial charge in [-0.15, -0.1) is 0 Å². The predicted molar refractivity (Wildman–Crippen MR) is 72.3 cm³/mol. The highest BCUT2D eigenvalue weighted by molar-refractivity contribution is 6.43. The molecule has 1 atom stereocenters. The summed E-state index contributed by atoms with van der Waals surface area (Å²) < 4.78 is 0. The summed E-state index contributed by atoms with van der Waals surface area (Å²) in [5.41, 5.74) is -0.557. The van der Waals surface area contributed by atoms with Gasteiger partial charge in [-0.25, -0.2) is 0 Å². The van der Waals surface area contributed by atoms with Gasteiger partial charge in [0.25, 0.3) is 11.6 Å². The van der Waals surface area contributed by atoms with Crippen molar-refractivity contribution in [3.05, 3.63) is 37.9 Å². The zero-order chi connectivity index (χ0) is 15.4. The van der Waals surface area contributed by atoms with Crippen LogP contribution in [0.25, 0.3) is 0 Å². The summed E-state index contributed by atoms with van der Waals surface area (Å²) in [6, 6.07) is 1.53. The van der Waals surface area contributed by atoms with Gasteiger partial charge in [0, 0.05) is 17.7 Å². The lowest BCUT2D eigenvalue weighted by atomic mass is 10.1. The minimum Gasteiger partial charge on any atom is -0.481 e. The third kappa shape index (κ3) is 4.07. The van der Waals surface area contributed by atoms with Crippen molar-refractivity contribution in [2.75, 3.05) is 0 Å². The summed E-state index contributed by atoms with van der Waals surface area (Å²) >= 11 is 11.4. The van der Waals surface area contributed by atoms with E-state index in [9.17, 15) is 19.7 Å². The van der Waals surface area contributed by atoms with Gasteiger partial charge in [-0.3, -0.25) is 19.7 Å². The molecule has 0 aromatic heterocycles. The van der Waals surface area contributed by atoms with Gasteiger partial charge < -0.3 is 10.4 Å². The average Bonchev–Trinajstić information content (AvgIpc) is 2.30. The van der Waals surface area contributed by atoms with Crippen LogP contribution < -0.4 is 5.32 Å². The molecule has 0 fully saturated rings. The van der Waals surface area contributed by atoms with Crippen LogP contribution in [0.2, 0.25) is 10.0 Å². The number of benzene rings is 1. The topological polar surface area (TPSA) is 110 Å². The van der Waals surface area contributed by atoms with Crippen LogP contribution in [0, 0.1) is 10.1 Å². The minimum atomic E-state index is -1.07. The number of aliphatic carboxylic acids is 1. The Kier molecular flexibility index (Phi) is 5.29. The van der Waals surface area contributed by atoms with Crippen LogP contribution in [0.15, 0.2) is 12.1 Å². The molecule has 0 aliphatic heterocycles. The second kappa shape index (κ2) is 6.53. The molecule has 0 aliphatic carbocycles. The number of rotatable bonds is 5. The molecule has 9 heteroatoms. The highest BCUT2D eigenvalue weighted by Gasteiger charge is 2.21. The van der Waals surface area contributed by atoms with Crippen LogP contribution >= 0.6 is 23.2 Å². The number of nitro groups is 1. The van der Waals surface area contributed by atoms with Gasteiger partial charge in [-0.2, -0.15) is 0 Å². The van der Waals surface area contributed by atoms with Gasteiger partial charge in [0.15, 0.2) is 0 Å². The maximum absolute atomic E-state index is 11.8. The van der Waals surface area contributed by atoms with Crippen LogP contribution in [0.3, 0.4) is 0 Å². The van der Waals surface area contributed by atoms with E-state index < -0.39 is 28.5 Å². The fourth-order valence-electron chi connectivity index (χ4n) is 1.46. The Morgan fingerprint density at radius 3 is 2.55 bits per heavy atom. The second-order valence-corrected chi connectivity index (χ2v) is 4.81. The van der Waals surface area contributed by atoms with Crippen LogP contribution in [-0.2, 0) is 4.79 Å². The monoisotopic (exact) mass is 320 g/mol. The summed E-state index contributed by atoms with van der Waals surface area (Å²) in [7, 11) is 0. The third-order valence-electron chi connectivity index (χ3n) is 2.33. The molecule has 1 aromatic rings. The molecule has 0 bridgehead atoms. The SMILES string of the molecule is CC(CC(=O)O)NC(=O)c1cc(Cl)c(Cl)c([N+](=O)[O-])c1. The number of hydrogen-bond acceptors (Lipinski definition) is 4. The lowest BCUT2D eigenvalue weighted by Crippen LogP contribution is -2.34. The fraction of sp³-hybridized carbons (Fsp3) is 0.273. The lowest BCUT2D eigenvalue weighted by molar-refractivity contribution is -0.384. The fourth-order valence-corrected chi connectivity index (χ4v) is 1.85. The van der Waals surface area contributed by atoms with Crippen molar-refractivity contribution in [3.8, 4) is 0 Å². The molecule has 1 amide bonds. The molecule has 0 saturated carbocycles. The first-order valence-corrected chi connectivity index (χ1v) is 6.14. The molecule has 1 aromatic carbocycles. The summed E-state index contributed by atoms with van der Waals surface area (Å²) in [5.74, 6) is -1.74. The van der Waals surface area contributed by atoms with E-state index in [1.807, 2.05) is 0 Å². The number of carboxylic acids is 1. The summed E-state index contributed by atoms with van der Waals surface area (Å²) in [6.07, 6.45) is -0.269. The standard InChI is InChI=1S/C11H10Cl2N2O5/c1-5(2-9(16)17)14-11(18)6-3-7(12)10(13)8(4-6)15(19)20/h3-5H,2H2,1H3,(H,14,18)(H,16,17). The zero-order valence-corrected chi connectivity index (χ0v) is 11.7. The zero-order valence-electron chi connectivity index (χ0n) is 10.2. The van der Waals surface area contributed by atoms with E-state index in [0.29, 0.717) is 0 Å². The van der Waals surface area contributed by atoms with Gasteiger partial charge in [0.05, 0.1) is 16.4 Å². The number of amides is 1. The number of carbonyl (C=O) groups is 2. The highest BCUT2D eigenvalue weighted by atomic mass is 35.5. The van der Waals surface area contributed by atoms with Crippen LogP contribution in [0.5, 0.6) is 0 Å². The molecule has 7 nitrogen and oxygen atoms in total. The Balaban J connectivity index is 2.99. The van der Waals surface area contributed by atoms with Gasteiger partial charge in [0.1, 0.15) is 5.02 Å². The Labute approximate surface area is 123 Å². The Hall–Kier alpha value is -1.86. The minimum absolute atomic E-state index is 0.0664. The number of nitrogens with one attached hydrogen (secondary N) is 1. The molecule has 2 N–H and O–H groups in total. The summed E-state index contributed by atoms with van der Waals surface area (Å²) in [6.45, 7) is 1.50. The summed E-state index contributed by atoms with van der Waals surface area (Å²) in [5, 5.41) is 21.4. The normalized spacial score (nSPS) is 11.8. The van der Waals surface area contributed by atoms with Gasteiger partial charge in [0.2, 0.25) is 0 Å². The van der Waals surface area contributed by atoms with Crippen molar-refractivity contribution in [2.24, 2.45) is 0 Å². The molecular weight excluding hydrogens is 311 g/mol. The predicted octanol–water partition coefficient (Wildman–Crippen LogP) is 2.49. The quantitative estimate of drug-likeness (QED) is 0.639. The van der Waals surface area contributed by atoms with Gasteiger partial charge in [-0.05, 0) is 13.0 Å². The Morgan fingerprint density at radius 2 is 2.05 bits per heavy atom. The Morgan fingerprint density at radius 1 is 1.45 bits per heavy atom. The maximum atomic E-state index is 11.8. The van der Waals surface area contributed by atoms with Crippen molar-refractivity contribution in [3.63, 3.8) is 0 Å². The van der Waals surface area contributed by atoms with Crippen molar-refractivity contribution in [2.45, 2.75) is 19.4 Å². The third-order valence-corrected chi connectivity index (χ3v) is 3.12. The second-order valence-electron chi connectivity index (χ2n) is 4.02. The van der Waals surface area contributed by atoms with Gasteiger partial charge in [-0.1, -0.05) is 23.2 Å². The molecule has 0 saturated heterocycles. The van der Waals surface area contributed by atoms with E-state index >= 15 is 0 Å². The van der Waals surface area contributed by atoms with Crippen LogP contribution in [0.4, 0.5) is 5.69 Å². The molecule has 0 spiro atoms. The first kappa shape index (κ1) is 16.2. The molecule has 20 heavy (non-hydrogen) atoms. The first-order valence-electron chi connectivity index (χ1n) is 5.38. The number of carbonyl (C=O) groups excluding carboxylic acids is 1. The van der Waals surface area contributed by atoms with Crippen molar-refractivity contribution in [1.29, 1.82) is 0 Å². The molecule has 0 radical (unpaired) electrons. The van der Waals surface area contributed by atoms with Crippen LogP contribution in [-0.4, -0.2) is 27.9 Å². The van der Waals surface area contributed by atoms with E-state index in [1.165, 1.54) is 13.0 Å². The largest absolute Gasteiger partial charge is 0.481 e. The molecule has 0 heterocycles. The van der Waals surface area contributed by atoms with Crippen molar-refractivity contribution in [1.82, 2.24) is 5.32 Å². The number of nitro benzene ring substituents is 1. The smallest absolute Gasteiger partial charge is 0.305 e. The highest BCUT2D eigenvalue weighted by Crippen LogP contribution is 2.33. The van der Waals surface area contributed by atoms with Crippen LogP contribution in [0.1, 0.15) is 23.7 Å². The number of halogens is 2. The van der Waals surface area contributed by atoms with Gasteiger partial charge >= 0.3 is 5.97 Å². The molecule has 108 valence electrons. The number of hydrogen-bond donors (Lipinski definition) is 2.